The van der Waals surface area contributed by atoms with Crippen molar-refractivity contribution in [1.82, 2.24) is 14.7 Å². The predicted octanol–water partition coefficient (Wildman–Crippen LogP) is 2.51. The fourth-order valence-corrected chi connectivity index (χ4v) is 6.11. The molecule has 12 heteroatoms. The molecule has 0 aliphatic carbocycles. The molecule has 3 aliphatic heterocycles. The summed E-state index contributed by atoms with van der Waals surface area (Å²) in [6.07, 6.45) is 0. The van der Waals surface area contributed by atoms with Crippen molar-refractivity contribution in [3.8, 4) is 0 Å². The lowest BCUT2D eigenvalue weighted by Crippen LogP contribution is -2.47. The highest BCUT2D eigenvalue weighted by Gasteiger charge is 2.44. The number of carbonyl (C=O) groups excluding carboxylic acids is 6. The Kier molecular flexibility index (Phi) is 6.54. The first-order valence-corrected chi connectivity index (χ1v) is 13.0. The van der Waals surface area contributed by atoms with Gasteiger partial charge in [0.25, 0.3) is 28.2 Å². The van der Waals surface area contributed by atoms with E-state index in [4.69, 9.17) is 0 Å². The van der Waals surface area contributed by atoms with Gasteiger partial charge in [-0.1, -0.05) is 42.1 Å². The number of anilines is 1. The Balaban J connectivity index is 1.30. The molecular weight excluding hydrogens is 504 g/mol. The lowest BCUT2D eigenvalue weighted by molar-refractivity contribution is -0.126. The van der Waals surface area contributed by atoms with Crippen LogP contribution in [0.2, 0.25) is 0 Å². The number of thioether (sulfide) groups is 2. The molecule has 0 bridgehead atoms. The van der Waals surface area contributed by atoms with Crippen molar-refractivity contribution < 1.29 is 28.8 Å². The number of hydrogen-bond acceptors (Lipinski definition) is 9. The van der Waals surface area contributed by atoms with E-state index in [1.807, 2.05) is 6.07 Å². The van der Waals surface area contributed by atoms with Crippen LogP contribution < -0.4 is 4.90 Å². The van der Waals surface area contributed by atoms with Gasteiger partial charge in [-0.05, 0) is 36.0 Å². The van der Waals surface area contributed by atoms with E-state index in [-0.39, 0.29) is 43.1 Å². The maximum absolute atomic E-state index is 13.3. The molecule has 36 heavy (non-hydrogen) atoms. The predicted molar refractivity (Wildman–Crippen MR) is 134 cm³/mol. The summed E-state index contributed by atoms with van der Waals surface area (Å²) in [6, 6.07) is 15.4. The summed E-state index contributed by atoms with van der Waals surface area (Å²) in [5.74, 6) is -1.60. The Bertz CT molecular complexity index is 1240. The van der Waals surface area contributed by atoms with E-state index in [2.05, 4.69) is 0 Å². The molecule has 184 valence electrons. The van der Waals surface area contributed by atoms with Crippen molar-refractivity contribution in [2.24, 2.45) is 0 Å². The van der Waals surface area contributed by atoms with Gasteiger partial charge in [-0.15, -0.1) is 0 Å². The normalized spacial score (nSPS) is 19.7. The molecule has 0 spiro atoms. The summed E-state index contributed by atoms with van der Waals surface area (Å²) in [7, 11) is 0. The first-order chi connectivity index (χ1) is 17.4. The standard InChI is InChI=1S/C24H20N4O6S2/c29-18-14-35-23(33)26(18)11-10-25(15-6-2-1-3-7-15)22-21(32)28(24(34)36-22)13-12-27-19(30)16-8-4-5-9-17(16)20(27)31/h1-9,22H,10-14H2. The Labute approximate surface area is 214 Å². The summed E-state index contributed by atoms with van der Waals surface area (Å²) in [4.78, 5) is 80.4. The summed E-state index contributed by atoms with van der Waals surface area (Å²) in [5, 5.41) is -1.74. The Morgan fingerprint density at radius 2 is 1.33 bits per heavy atom. The SMILES string of the molecule is O=C1CSC(=O)N1CCN(c1ccccc1)C1SC(=O)N(CCN2C(=O)c3ccccc3C2=O)C1=O. The zero-order valence-corrected chi connectivity index (χ0v) is 20.5. The Hall–Kier alpha value is -3.64. The molecular formula is C24H20N4O6S2. The number of amides is 6. The zero-order chi connectivity index (χ0) is 25.4. The van der Waals surface area contributed by atoms with Gasteiger partial charge in [0.2, 0.25) is 5.91 Å². The molecule has 6 amide bonds. The zero-order valence-electron chi connectivity index (χ0n) is 18.9. The molecule has 3 aliphatic rings. The summed E-state index contributed by atoms with van der Waals surface area (Å²) in [5.41, 5.74) is 1.26. The number of fused-ring (bicyclic) bond motifs is 1. The lowest BCUT2D eigenvalue weighted by Gasteiger charge is -2.30. The van der Waals surface area contributed by atoms with Crippen LogP contribution in [0.3, 0.4) is 0 Å². The van der Waals surface area contributed by atoms with Gasteiger partial charge in [-0.3, -0.25) is 43.5 Å². The Morgan fingerprint density at radius 1 is 0.722 bits per heavy atom. The topological polar surface area (TPSA) is 115 Å². The van der Waals surface area contributed by atoms with Crippen LogP contribution in [0.15, 0.2) is 54.6 Å². The van der Waals surface area contributed by atoms with E-state index < -0.39 is 28.3 Å². The molecule has 2 fully saturated rings. The molecule has 0 saturated carbocycles. The van der Waals surface area contributed by atoms with Crippen molar-refractivity contribution >= 4 is 63.3 Å². The second kappa shape index (κ2) is 9.78. The number of carbonyl (C=O) groups is 6. The molecule has 0 radical (unpaired) electrons. The molecule has 0 aromatic heterocycles. The van der Waals surface area contributed by atoms with Gasteiger partial charge in [0.15, 0.2) is 5.37 Å². The van der Waals surface area contributed by atoms with Crippen LogP contribution >= 0.6 is 23.5 Å². The van der Waals surface area contributed by atoms with Crippen molar-refractivity contribution in [3.63, 3.8) is 0 Å². The highest BCUT2D eigenvalue weighted by molar-refractivity contribution is 8.15. The maximum Gasteiger partial charge on any atom is 0.290 e. The molecule has 3 heterocycles. The molecule has 1 unspecified atom stereocenters. The van der Waals surface area contributed by atoms with Gasteiger partial charge >= 0.3 is 0 Å². The minimum Gasteiger partial charge on any atom is -0.349 e. The van der Waals surface area contributed by atoms with E-state index in [1.165, 1.54) is 0 Å². The van der Waals surface area contributed by atoms with E-state index in [1.54, 1.807) is 53.4 Å². The summed E-state index contributed by atoms with van der Waals surface area (Å²) >= 11 is 1.76. The van der Waals surface area contributed by atoms with Gasteiger partial charge in [0.1, 0.15) is 0 Å². The third kappa shape index (κ3) is 4.26. The van der Waals surface area contributed by atoms with Crippen LogP contribution in [0.4, 0.5) is 15.3 Å². The van der Waals surface area contributed by atoms with Gasteiger partial charge in [0.05, 0.1) is 16.9 Å². The average Bonchev–Trinajstić information content (AvgIpc) is 3.45. The molecule has 5 rings (SSSR count). The molecule has 2 saturated heterocycles. The van der Waals surface area contributed by atoms with Gasteiger partial charge in [-0.2, -0.15) is 0 Å². The van der Waals surface area contributed by atoms with Crippen molar-refractivity contribution in [2.45, 2.75) is 5.37 Å². The minimum atomic E-state index is -0.914. The van der Waals surface area contributed by atoms with E-state index in [0.717, 1.165) is 38.2 Å². The molecule has 10 nitrogen and oxygen atoms in total. The van der Waals surface area contributed by atoms with Crippen molar-refractivity contribution in [2.75, 3.05) is 36.8 Å². The van der Waals surface area contributed by atoms with Gasteiger partial charge < -0.3 is 4.90 Å². The maximum atomic E-state index is 13.3. The average molecular weight is 525 g/mol. The number of hydrogen-bond donors (Lipinski definition) is 0. The summed E-state index contributed by atoms with van der Waals surface area (Å²) in [6.45, 7) is -0.0103. The third-order valence-corrected chi connectivity index (χ3v) is 8.07. The van der Waals surface area contributed by atoms with Gasteiger partial charge in [0, 0.05) is 31.9 Å². The Morgan fingerprint density at radius 3 is 1.94 bits per heavy atom. The van der Waals surface area contributed by atoms with Crippen LogP contribution in [-0.2, 0) is 9.59 Å². The summed E-state index contributed by atoms with van der Waals surface area (Å²) < 4.78 is 0. The first-order valence-electron chi connectivity index (χ1n) is 11.1. The van der Waals surface area contributed by atoms with E-state index in [0.29, 0.717) is 16.8 Å². The fourth-order valence-electron chi connectivity index (χ4n) is 4.28. The molecule has 0 N–H and O–H groups in total. The van der Waals surface area contributed by atoms with Crippen LogP contribution in [0.5, 0.6) is 0 Å². The van der Waals surface area contributed by atoms with Crippen LogP contribution in [0.25, 0.3) is 0 Å². The first kappa shape index (κ1) is 24.1. The lowest BCUT2D eigenvalue weighted by atomic mass is 10.1. The van der Waals surface area contributed by atoms with E-state index in [9.17, 15) is 28.8 Å². The quantitative estimate of drug-likeness (QED) is 0.480. The number of rotatable bonds is 8. The highest BCUT2D eigenvalue weighted by Crippen LogP contribution is 2.33. The molecule has 2 aromatic carbocycles. The number of nitrogens with zero attached hydrogens (tertiary/aromatic N) is 4. The minimum absolute atomic E-state index is 0.0765. The van der Waals surface area contributed by atoms with Crippen molar-refractivity contribution in [3.05, 3.63) is 65.7 Å². The molecule has 1 atom stereocenters. The van der Waals surface area contributed by atoms with Crippen LogP contribution in [0.1, 0.15) is 20.7 Å². The van der Waals surface area contributed by atoms with Crippen LogP contribution in [-0.4, -0.2) is 86.1 Å². The number of imide groups is 3. The third-order valence-electron chi connectivity index (χ3n) is 6.11. The van der Waals surface area contributed by atoms with E-state index >= 15 is 0 Å². The second-order valence-electron chi connectivity index (χ2n) is 8.16. The second-order valence-corrected chi connectivity index (χ2v) is 10.1. The molecule has 2 aromatic rings. The number of benzene rings is 2. The fraction of sp³-hybridized carbons (Fsp3) is 0.250. The van der Waals surface area contributed by atoms with Crippen molar-refractivity contribution in [1.29, 1.82) is 0 Å². The number of para-hydroxylation sites is 1. The smallest absolute Gasteiger partial charge is 0.290 e. The van der Waals surface area contributed by atoms with Crippen LogP contribution in [0, 0.1) is 0 Å². The monoisotopic (exact) mass is 524 g/mol. The largest absolute Gasteiger partial charge is 0.349 e. The highest BCUT2D eigenvalue weighted by atomic mass is 32.2. The van der Waals surface area contributed by atoms with Gasteiger partial charge in [-0.25, -0.2) is 0 Å².